The molecule has 114 valence electrons. The zero-order valence-corrected chi connectivity index (χ0v) is 12.2. The van der Waals surface area contributed by atoms with Crippen molar-refractivity contribution in [3.05, 3.63) is 33.7 Å². The summed E-state index contributed by atoms with van der Waals surface area (Å²) in [4.78, 5) is 36.2. The number of imide groups is 1. The van der Waals surface area contributed by atoms with Crippen LogP contribution in [0.5, 0.6) is 0 Å². The molecule has 2 aromatic rings. The van der Waals surface area contributed by atoms with Crippen molar-refractivity contribution in [3.63, 3.8) is 0 Å². The van der Waals surface area contributed by atoms with Crippen molar-refractivity contribution >= 4 is 22.8 Å². The molecule has 1 fully saturated rings. The molecule has 2 N–H and O–H groups in total. The van der Waals surface area contributed by atoms with Crippen molar-refractivity contribution in [1.29, 1.82) is 0 Å². The van der Waals surface area contributed by atoms with Crippen LogP contribution in [0.3, 0.4) is 0 Å². The minimum atomic E-state index is -0.624. The van der Waals surface area contributed by atoms with Crippen LogP contribution in [0.4, 0.5) is 0 Å². The Kier molecular flexibility index (Phi) is 2.74. The lowest BCUT2D eigenvalue weighted by Gasteiger charge is -2.22. The summed E-state index contributed by atoms with van der Waals surface area (Å²) in [7, 11) is 1.71. The molecule has 1 atom stereocenters. The van der Waals surface area contributed by atoms with Gasteiger partial charge in [0.05, 0.1) is 11.0 Å². The third-order valence-electron chi connectivity index (χ3n) is 4.59. The van der Waals surface area contributed by atoms with Crippen LogP contribution in [0.25, 0.3) is 11.0 Å². The molecule has 0 aliphatic carbocycles. The quantitative estimate of drug-likeness (QED) is 0.722. The van der Waals surface area contributed by atoms with E-state index in [1.807, 2.05) is 12.1 Å². The predicted molar refractivity (Wildman–Crippen MR) is 79.1 cm³/mol. The van der Waals surface area contributed by atoms with E-state index in [1.54, 1.807) is 16.2 Å². The number of amides is 2. The first-order valence-corrected chi connectivity index (χ1v) is 7.34. The maximum absolute atomic E-state index is 12.7. The largest absolute Gasteiger partial charge is 0.329 e. The molecule has 0 spiro atoms. The second-order valence-electron chi connectivity index (χ2n) is 5.85. The number of nitrogens with one attached hydrogen (secondary N) is 2. The van der Waals surface area contributed by atoms with Gasteiger partial charge in [0, 0.05) is 26.6 Å². The molecule has 1 aromatic carbocycles. The Balaban J connectivity index is 2.00. The average Bonchev–Trinajstić information content (AvgIpc) is 3.05. The van der Waals surface area contributed by atoms with Crippen molar-refractivity contribution in [2.24, 2.45) is 7.05 Å². The first-order valence-electron chi connectivity index (χ1n) is 7.34. The Labute approximate surface area is 125 Å². The van der Waals surface area contributed by atoms with Crippen molar-refractivity contribution in [3.8, 4) is 0 Å². The standard InChI is InChI=1S/C15H16N4O3/c1-18-10-3-2-8-6-16-7-9(8)13(10)19(15(18)22)11-4-5-12(20)17-14(11)21/h2-3,11,16H,4-7H2,1H3,(H,17,20,21). The Morgan fingerprint density at radius 3 is 2.77 bits per heavy atom. The molecule has 1 aromatic heterocycles. The zero-order chi connectivity index (χ0) is 15.4. The molecule has 0 saturated carbocycles. The number of fused-ring (bicyclic) bond motifs is 3. The number of rotatable bonds is 1. The van der Waals surface area contributed by atoms with Crippen LogP contribution >= 0.6 is 0 Å². The molecule has 1 unspecified atom stereocenters. The summed E-state index contributed by atoms with van der Waals surface area (Å²) >= 11 is 0. The van der Waals surface area contributed by atoms with Gasteiger partial charge in [0.25, 0.3) is 0 Å². The highest BCUT2D eigenvalue weighted by Crippen LogP contribution is 2.29. The molecule has 0 radical (unpaired) electrons. The lowest BCUT2D eigenvalue weighted by atomic mass is 10.0. The maximum Gasteiger partial charge on any atom is 0.329 e. The fourth-order valence-electron chi connectivity index (χ4n) is 3.47. The second kappa shape index (κ2) is 4.54. The Bertz CT molecular complexity index is 877. The summed E-state index contributed by atoms with van der Waals surface area (Å²) in [5, 5.41) is 5.61. The van der Waals surface area contributed by atoms with Crippen LogP contribution in [0.15, 0.2) is 16.9 Å². The van der Waals surface area contributed by atoms with Crippen LogP contribution in [-0.4, -0.2) is 20.9 Å². The van der Waals surface area contributed by atoms with Gasteiger partial charge in [0.1, 0.15) is 6.04 Å². The van der Waals surface area contributed by atoms with Gasteiger partial charge in [0.2, 0.25) is 11.8 Å². The van der Waals surface area contributed by atoms with Gasteiger partial charge < -0.3 is 5.32 Å². The van der Waals surface area contributed by atoms with Gasteiger partial charge in [-0.1, -0.05) is 6.07 Å². The van der Waals surface area contributed by atoms with Gasteiger partial charge in [-0.25, -0.2) is 4.79 Å². The summed E-state index contributed by atoms with van der Waals surface area (Å²) in [5.41, 5.74) is 3.63. The van der Waals surface area contributed by atoms with Crippen LogP contribution in [0.1, 0.15) is 30.0 Å². The molecule has 2 amide bonds. The fraction of sp³-hybridized carbons (Fsp3) is 0.400. The molecule has 1 saturated heterocycles. The number of piperidine rings is 1. The number of hydrogen-bond acceptors (Lipinski definition) is 4. The summed E-state index contributed by atoms with van der Waals surface area (Å²) in [6.45, 7) is 1.45. The van der Waals surface area contributed by atoms with Gasteiger partial charge in [0.15, 0.2) is 0 Å². The number of nitrogens with zero attached hydrogens (tertiary/aromatic N) is 2. The van der Waals surface area contributed by atoms with E-state index < -0.39 is 11.9 Å². The summed E-state index contributed by atoms with van der Waals surface area (Å²) < 4.78 is 3.13. The summed E-state index contributed by atoms with van der Waals surface area (Å²) in [6.07, 6.45) is 0.618. The van der Waals surface area contributed by atoms with Crippen molar-refractivity contribution in [2.45, 2.75) is 32.0 Å². The summed E-state index contributed by atoms with van der Waals surface area (Å²) in [5.74, 6) is -0.671. The predicted octanol–water partition coefficient (Wildman–Crippen LogP) is -0.0791. The molecular weight excluding hydrogens is 284 g/mol. The lowest BCUT2D eigenvalue weighted by Crippen LogP contribution is -2.44. The van der Waals surface area contributed by atoms with Crippen molar-refractivity contribution < 1.29 is 9.59 Å². The van der Waals surface area contributed by atoms with Crippen LogP contribution in [0.2, 0.25) is 0 Å². The second-order valence-corrected chi connectivity index (χ2v) is 5.85. The lowest BCUT2D eigenvalue weighted by molar-refractivity contribution is -0.135. The first kappa shape index (κ1) is 13.3. The van der Waals surface area contributed by atoms with E-state index in [-0.39, 0.29) is 18.0 Å². The number of carbonyl (C=O) groups excluding carboxylic acids is 2. The average molecular weight is 300 g/mol. The van der Waals surface area contributed by atoms with E-state index in [9.17, 15) is 14.4 Å². The smallest absolute Gasteiger partial charge is 0.309 e. The number of aryl methyl sites for hydroxylation is 1. The monoisotopic (exact) mass is 300 g/mol. The van der Waals surface area contributed by atoms with E-state index >= 15 is 0 Å². The minimum Gasteiger partial charge on any atom is -0.309 e. The molecule has 3 heterocycles. The molecule has 4 rings (SSSR count). The highest BCUT2D eigenvalue weighted by Gasteiger charge is 2.32. The van der Waals surface area contributed by atoms with E-state index in [2.05, 4.69) is 10.6 Å². The number of aromatic nitrogens is 2. The topological polar surface area (TPSA) is 85.1 Å². The summed E-state index contributed by atoms with van der Waals surface area (Å²) in [6, 6.07) is 3.32. The van der Waals surface area contributed by atoms with Crippen molar-refractivity contribution in [1.82, 2.24) is 19.8 Å². The zero-order valence-electron chi connectivity index (χ0n) is 12.2. The van der Waals surface area contributed by atoms with E-state index in [4.69, 9.17) is 0 Å². The number of benzene rings is 1. The van der Waals surface area contributed by atoms with E-state index in [0.717, 1.165) is 28.7 Å². The molecule has 22 heavy (non-hydrogen) atoms. The Hall–Kier alpha value is -2.41. The Morgan fingerprint density at radius 1 is 1.18 bits per heavy atom. The van der Waals surface area contributed by atoms with E-state index in [0.29, 0.717) is 13.0 Å². The first-order chi connectivity index (χ1) is 10.6. The SMILES string of the molecule is Cn1c(=O)n(C2CCC(=O)NC2=O)c2c3c(ccc21)CNC3. The minimum absolute atomic E-state index is 0.218. The van der Waals surface area contributed by atoms with Crippen LogP contribution < -0.4 is 16.3 Å². The normalized spacial score (nSPS) is 21.2. The third kappa shape index (κ3) is 1.69. The van der Waals surface area contributed by atoms with Crippen LogP contribution in [0, 0.1) is 0 Å². The molecule has 2 aliphatic rings. The maximum atomic E-state index is 12.7. The van der Waals surface area contributed by atoms with Crippen molar-refractivity contribution in [2.75, 3.05) is 0 Å². The third-order valence-corrected chi connectivity index (χ3v) is 4.59. The number of hydrogen-bond donors (Lipinski definition) is 2. The Morgan fingerprint density at radius 2 is 2.00 bits per heavy atom. The fourth-order valence-corrected chi connectivity index (χ4v) is 3.47. The van der Waals surface area contributed by atoms with E-state index in [1.165, 1.54) is 0 Å². The molecular formula is C15H16N4O3. The van der Waals surface area contributed by atoms with Gasteiger partial charge in [-0.3, -0.25) is 24.0 Å². The number of imidazole rings is 1. The molecule has 7 heteroatoms. The van der Waals surface area contributed by atoms with Gasteiger partial charge in [-0.05, 0) is 23.6 Å². The van der Waals surface area contributed by atoms with Crippen LogP contribution in [-0.2, 0) is 29.7 Å². The highest BCUT2D eigenvalue weighted by molar-refractivity contribution is 6.00. The van der Waals surface area contributed by atoms with Gasteiger partial charge >= 0.3 is 5.69 Å². The highest BCUT2D eigenvalue weighted by atomic mass is 16.2. The number of carbonyl (C=O) groups is 2. The van der Waals surface area contributed by atoms with Gasteiger partial charge in [-0.15, -0.1) is 0 Å². The molecule has 2 aliphatic heterocycles. The van der Waals surface area contributed by atoms with Gasteiger partial charge in [-0.2, -0.15) is 0 Å². The molecule has 7 nitrogen and oxygen atoms in total. The molecule has 0 bridgehead atoms.